The van der Waals surface area contributed by atoms with Gasteiger partial charge in [0.1, 0.15) is 0 Å². The van der Waals surface area contributed by atoms with E-state index in [-0.39, 0.29) is 5.41 Å². The molecule has 60 valence electrons. The van der Waals surface area contributed by atoms with Gasteiger partial charge in [0.2, 0.25) is 0 Å². The lowest BCUT2D eigenvalue weighted by molar-refractivity contribution is 0.316. The van der Waals surface area contributed by atoms with Crippen LogP contribution in [0.4, 0.5) is 0 Å². The molecule has 2 N–H and O–H groups in total. The highest BCUT2D eigenvalue weighted by Gasteiger charge is 2.30. The first-order valence-corrected chi connectivity index (χ1v) is 4.56. The number of hydrogen-bond donors (Lipinski definition) is 2. The molecule has 0 aliphatic carbocycles. The highest BCUT2D eigenvalue weighted by molar-refractivity contribution is 7.81. The Hall–Kier alpha value is 0.0700. The highest BCUT2D eigenvalue weighted by Crippen LogP contribution is 2.20. The summed E-state index contributed by atoms with van der Waals surface area (Å²) in [6.07, 6.45) is 0. The minimum Gasteiger partial charge on any atom is -0.225 e. The monoisotopic (exact) mass is 162 g/mol. The molecule has 1 aliphatic heterocycles. The quantitative estimate of drug-likeness (QED) is 0.524. The first-order valence-electron chi connectivity index (χ1n) is 3.41. The minimum atomic E-state index is -0.999. The zero-order chi connectivity index (χ0) is 7.78. The van der Waals surface area contributed by atoms with E-state index in [1.807, 2.05) is 0 Å². The number of hydrogen-bond acceptors (Lipinski definition) is 1. The van der Waals surface area contributed by atoms with Crippen LogP contribution in [0.3, 0.4) is 0 Å². The van der Waals surface area contributed by atoms with Crippen molar-refractivity contribution in [2.24, 2.45) is 5.41 Å². The topological polar surface area (TPSA) is 41.1 Å². The predicted octanol–water partition coefficient (Wildman–Crippen LogP) is 0.173. The lowest BCUT2D eigenvalue weighted by atomic mass is 9.88. The van der Waals surface area contributed by atoms with E-state index in [4.69, 9.17) is 0 Å². The summed E-state index contributed by atoms with van der Waals surface area (Å²) in [6, 6.07) is 0.327. The van der Waals surface area contributed by atoms with Crippen LogP contribution in [0.25, 0.3) is 0 Å². The van der Waals surface area contributed by atoms with Crippen molar-refractivity contribution in [3.8, 4) is 0 Å². The molecule has 0 amide bonds. The van der Waals surface area contributed by atoms with Gasteiger partial charge in [0.15, 0.2) is 11.2 Å². The molecule has 1 rings (SSSR count). The second-order valence-corrected chi connectivity index (χ2v) is 4.72. The molecule has 1 fully saturated rings. The summed E-state index contributed by atoms with van der Waals surface area (Å²) in [7, 11) is 0. The second kappa shape index (κ2) is 2.60. The second-order valence-electron chi connectivity index (χ2n) is 3.65. The summed E-state index contributed by atoms with van der Waals surface area (Å²) in [6.45, 7) is 7.20. The van der Waals surface area contributed by atoms with Crippen molar-refractivity contribution in [1.29, 1.82) is 0 Å². The van der Waals surface area contributed by atoms with Crippen LogP contribution >= 0.6 is 0 Å². The number of rotatable bonds is 0. The number of nitrogens with one attached hydrogen (secondary N) is 2. The van der Waals surface area contributed by atoms with Crippen molar-refractivity contribution >= 4 is 11.2 Å². The molecule has 1 saturated heterocycles. The largest absolute Gasteiger partial charge is 0.225 e. The van der Waals surface area contributed by atoms with Gasteiger partial charge in [-0.25, -0.2) is 13.7 Å². The zero-order valence-electron chi connectivity index (χ0n) is 6.60. The van der Waals surface area contributed by atoms with E-state index < -0.39 is 11.2 Å². The van der Waals surface area contributed by atoms with Crippen molar-refractivity contribution in [3.63, 3.8) is 0 Å². The van der Waals surface area contributed by atoms with E-state index in [0.717, 1.165) is 6.54 Å². The average Bonchev–Trinajstić information content (AvgIpc) is 2.11. The SMILES string of the molecule is CC(C)(C)C1CNS(=O)N1. The van der Waals surface area contributed by atoms with Crippen LogP contribution < -0.4 is 9.44 Å². The Labute approximate surface area is 64.3 Å². The molecule has 1 aliphatic rings. The molecule has 1 heterocycles. The van der Waals surface area contributed by atoms with Gasteiger partial charge in [-0.2, -0.15) is 0 Å². The van der Waals surface area contributed by atoms with Crippen LogP contribution in [0.1, 0.15) is 20.8 Å². The molecule has 2 atom stereocenters. The Morgan fingerprint density at radius 2 is 2.10 bits per heavy atom. The molecule has 0 bridgehead atoms. The molecule has 0 aromatic rings. The fourth-order valence-electron chi connectivity index (χ4n) is 0.855. The molecular formula is C6H14N2OS. The third-order valence-corrected chi connectivity index (χ3v) is 2.64. The summed E-state index contributed by atoms with van der Waals surface area (Å²) in [5, 5.41) is 0. The molecule has 0 saturated carbocycles. The summed E-state index contributed by atoms with van der Waals surface area (Å²) in [4.78, 5) is 0. The van der Waals surface area contributed by atoms with Crippen LogP contribution in [0.5, 0.6) is 0 Å². The predicted molar refractivity (Wildman–Crippen MR) is 42.5 cm³/mol. The van der Waals surface area contributed by atoms with Crippen LogP contribution in [-0.2, 0) is 11.2 Å². The van der Waals surface area contributed by atoms with E-state index in [9.17, 15) is 4.21 Å². The fourth-order valence-corrected chi connectivity index (χ4v) is 1.95. The third-order valence-electron chi connectivity index (χ3n) is 1.71. The van der Waals surface area contributed by atoms with Gasteiger partial charge in [0, 0.05) is 12.6 Å². The first-order chi connectivity index (χ1) is 4.50. The zero-order valence-corrected chi connectivity index (χ0v) is 7.42. The van der Waals surface area contributed by atoms with Crippen molar-refractivity contribution in [3.05, 3.63) is 0 Å². The Bertz CT molecular complexity index is 152. The summed E-state index contributed by atoms with van der Waals surface area (Å²) < 4.78 is 16.6. The maximum Gasteiger partial charge on any atom is 0.167 e. The molecule has 0 spiro atoms. The van der Waals surface area contributed by atoms with E-state index in [0.29, 0.717) is 6.04 Å². The van der Waals surface area contributed by atoms with Crippen molar-refractivity contribution in [2.75, 3.05) is 6.54 Å². The molecule has 2 unspecified atom stereocenters. The first kappa shape index (κ1) is 8.17. The Balaban J connectivity index is 2.53. The lowest BCUT2D eigenvalue weighted by Gasteiger charge is -2.24. The van der Waals surface area contributed by atoms with E-state index in [1.165, 1.54) is 0 Å². The van der Waals surface area contributed by atoms with Crippen molar-refractivity contribution in [2.45, 2.75) is 26.8 Å². The normalized spacial score (nSPS) is 34.7. The Morgan fingerprint density at radius 3 is 2.30 bits per heavy atom. The minimum absolute atomic E-state index is 0.194. The van der Waals surface area contributed by atoms with Gasteiger partial charge in [0.25, 0.3) is 0 Å². The molecule has 0 aromatic heterocycles. The molecule has 10 heavy (non-hydrogen) atoms. The summed E-state index contributed by atoms with van der Waals surface area (Å²) in [5.74, 6) is 0. The van der Waals surface area contributed by atoms with E-state index in [1.54, 1.807) is 0 Å². The van der Waals surface area contributed by atoms with Gasteiger partial charge >= 0.3 is 0 Å². The van der Waals surface area contributed by atoms with Gasteiger partial charge in [0.05, 0.1) is 0 Å². The van der Waals surface area contributed by atoms with E-state index >= 15 is 0 Å². The maximum atomic E-state index is 10.8. The van der Waals surface area contributed by atoms with Gasteiger partial charge in [-0.05, 0) is 5.41 Å². The Kier molecular flexibility index (Phi) is 2.12. The van der Waals surface area contributed by atoms with Gasteiger partial charge in [-0.1, -0.05) is 20.8 Å². The molecule has 3 nitrogen and oxygen atoms in total. The highest BCUT2D eigenvalue weighted by atomic mass is 32.2. The standard InChI is InChI=1S/C6H14N2OS/c1-6(2,3)5-4-7-10(9)8-5/h5,7-8H,4H2,1-3H3. The van der Waals surface area contributed by atoms with Crippen LogP contribution in [0.2, 0.25) is 0 Å². The summed E-state index contributed by atoms with van der Waals surface area (Å²) >= 11 is -0.999. The molecule has 0 aromatic carbocycles. The van der Waals surface area contributed by atoms with Gasteiger partial charge in [-0.15, -0.1) is 0 Å². The van der Waals surface area contributed by atoms with Crippen LogP contribution in [-0.4, -0.2) is 16.8 Å². The van der Waals surface area contributed by atoms with Crippen LogP contribution in [0, 0.1) is 5.41 Å². The third kappa shape index (κ3) is 1.78. The average molecular weight is 162 g/mol. The lowest BCUT2D eigenvalue weighted by Crippen LogP contribution is -2.37. The van der Waals surface area contributed by atoms with Crippen molar-refractivity contribution in [1.82, 2.24) is 9.44 Å². The van der Waals surface area contributed by atoms with Gasteiger partial charge in [-0.3, -0.25) is 0 Å². The van der Waals surface area contributed by atoms with E-state index in [2.05, 4.69) is 30.2 Å². The fraction of sp³-hybridized carbons (Fsp3) is 1.00. The smallest absolute Gasteiger partial charge is 0.167 e. The van der Waals surface area contributed by atoms with Gasteiger partial charge < -0.3 is 0 Å². The van der Waals surface area contributed by atoms with Crippen molar-refractivity contribution < 1.29 is 4.21 Å². The molecule has 4 heteroatoms. The molecular weight excluding hydrogens is 148 g/mol. The maximum absolute atomic E-state index is 10.8. The Morgan fingerprint density at radius 1 is 1.50 bits per heavy atom. The van der Waals surface area contributed by atoms with Crippen LogP contribution in [0.15, 0.2) is 0 Å². The summed E-state index contributed by atoms with van der Waals surface area (Å²) in [5.41, 5.74) is 0.194. The molecule has 0 radical (unpaired) electrons.